The highest BCUT2D eigenvalue weighted by Gasteiger charge is 2.20. The van der Waals surface area contributed by atoms with E-state index in [0.717, 1.165) is 6.42 Å². The molecule has 0 unspecified atom stereocenters. The Hall–Kier alpha value is -2.15. The molecule has 0 saturated carbocycles. The maximum atomic E-state index is 4.81. The first-order chi connectivity index (χ1) is 11.3. The van der Waals surface area contributed by atoms with Gasteiger partial charge in [0.2, 0.25) is 0 Å². The lowest BCUT2D eigenvalue weighted by atomic mass is 9.91. The minimum Gasteiger partial charge on any atom is -0.287 e. The summed E-state index contributed by atoms with van der Waals surface area (Å²) in [6.07, 6.45) is 3.13. The molecule has 0 N–H and O–H groups in total. The summed E-state index contributed by atoms with van der Waals surface area (Å²) in [4.78, 5) is 4.81. The van der Waals surface area contributed by atoms with E-state index in [-0.39, 0.29) is 5.54 Å². The van der Waals surface area contributed by atoms with Crippen molar-refractivity contribution in [3.05, 3.63) is 64.2 Å². The van der Waals surface area contributed by atoms with Crippen molar-refractivity contribution in [2.75, 3.05) is 0 Å². The fraction of sp³-hybridized carbons (Fsp3) is 0.348. The van der Waals surface area contributed by atoms with Crippen molar-refractivity contribution in [2.45, 2.75) is 53.5 Å². The van der Waals surface area contributed by atoms with E-state index in [1.54, 1.807) is 0 Å². The van der Waals surface area contributed by atoms with Crippen LogP contribution in [0, 0.1) is 0 Å². The molecular formula is C23H27N. The van der Waals surface area contributed by atoms with Gasteiger partial charge in [-0.05, 0) is 81.0 Å². The molecule has 3 rings (SSSR count). The highest BCUT2D eigenvalue weighted by atomic mass is 14.8. The standard InChI is InChI=1S/C23H27N/c1-15-13-21(17(3)16(15)2)20-12-11-18-9-7-8-10-19(18)22(20)14-24-23(4,5)6/h7-12,14H,13H2,1-6H3/b24-14+. The predicted octanol–water partition coefficient (Wildman–Crippen LogP) is 6.57. The number of rotatable bonds is 2. The predicted molar refractivity (Wildman–Crippen MR) is 107 cm³/mol. The van der Waals surface area contributed by atoms with Gasteiger partial charge in [0.05, 0.1) is 5.54 Å². The average molecular weight is 317 g/mol. The van der Waals surface area contributed by atoms with E-state index in [9.17, 15) is 0 Å². The van der Waals surface area contributed by atoms with Gasteiger partial charge in [0, 0.05) is 11.8 Å². The lowest BCUT2D eigenvalue weighted by molar-refractivity contribution is 0.587. The molecule has 0 saturated heterocycles. The zero-order valence-corrected chi connectivity index (χ0v) is 15.7. The van der Waals surface area contributed by atoms with Crippen LogP contribution in [0.5, 0.6) is 0 Å². The molecule has 0 fully saturated rings. The first-order valence-electron chi connectivity index (χ1n) is 8.72. The summed E-state index contributed by atoms with van der Waals surface area (Å²) in [5, 5.41) is 2.56. The van der Waals surface area contributed by atoms with Crippen LogP contribution in [-0.4, -0.2) is 11.8 Å². The molecule has 1 aliphatic carbocycles. The summed E-state index contributed by atoms with van der Waals surface area (Å²) in [6.45, 7) is 13.2. The minimum absolute atomic E-state index is 0.0720. The smallest absolute Gasteiger partial charge is 0.0524 e. The van der Waals surface area contributed by atoms with E-state index >= 15 is 0 Å². The molecule has 1 aliphatic rings. The van der Waals surface area contributed by atoms with E-state index < -0.39 is 0 Å². The van der Waals surface area contributed by atoms with Crippen LogP contribution in [0.3, 0.4) is 0 Å². The SMILES string of the molecule is CC1=C(C)C(C)=C(c2ccc3ccccc3c2/C=N/C(C)(C)C)C1. The quantitative estimate of drug-likeness (QED) is 0.555. The number of fused-ring (bicyclic) bond motifs is 1. The molecule has 1 nitrogen and oxygen atoms in total. The zero-order valence-electron chi connectivity index (χ0n) is 15.7. The van der Waals surface area contributed by atoms with Gasteiger partial charge >= 0.3 is 0 Å². The molecule has 0 bridgehead atoms. The lowest BCUT2D eigenvalue weighted by Crippen LogP contribution is -2.10. The molecule has 0 aromatic heterocycles. The van der Waals surface area contributed by atoms with Crippen molar-refractivity contribution < 1.29 is 0 Å². The molecule has 0 amide bonds. The first kappa shape index (κ1) is 16.7. The van der Waals surface area contributed by atoms with Crippen LogP contribution in [-0.2, 0) is 0 Å². The number of hydrogen-bond acceptors (Lipinski definition) is 1. The van der Waals surface area contributed by atoms with Crippen LogP contribution in [0.15, 0.2) is 58.1 Å². The van der Waals surface area contributed by atoms with Gasteiger partial charge in [0.1, 0.15) is 0 Å². The van der Waals surface area contributed by atoms with Gasteiger partial charge in [-0.15, -0.1) is 0 Å². The topological polar surface area (TPSA) is 12.4 Å². The first-order valence-corrected chi connectivity index (χ1v) is 8.72. The highest BCUT2D eigenvalue weighted by molar-refractivity contribution is 6.05. The van der Waals surface area contributed by atoms with Gasteiger partial charge in [0.25, 0.3) is 0 Å². The van der Waals surface area contributed by atoms with Crippen molar-refractivity contribution in [2.24, 2.45) is 4.99 Å². The molecule has 2 aromatic carbocycles. The van der Waals surface area contributed by atoms with Crippen LogP contribution in [0.1, 0.15) is 59.1 Å². The fourth-order valence-electron chi connectivity index (χ4n) is 3.33. The van der Waals surface area contributed by atoms with Crippen LogP contribution in [0.2, 0.25) is 0 Å². The molecule has 0 spiro atoms. The van der Waals surface area contributed by atoms with Gasteiger partial charge in [-0.1, -0.05) is 42.0 Å². The molecule has 0 atom stereocenters. The summed E-state index contributed by atoms with van der Waals surface area (Å²) < 4.78 is 0. The molecule has 24 heavy (non-hydrogen) atoms. The van der Waals surface area contributed by atoms with Gasteiger partial charge in [-0.25, -0.2) is 0 Å². The Morgan fingerprint density at radius 1 is 0.917 bits per heavy atom. The highest BCUT2D eigenvalue weighted by Crippen LogP contribution is 2.40. The Kier molecular flexibility index (Phi) is 4.21. The Bertz CT molecular complexity index is 886. The Morgan fingerprint density at radius 2 is 1.62 bits per heavy atom. The van der Waals surface area contributed by atoms with Crippen molar-refractivity contribution in [1.82, 2.24) is 0 Å². The molecular weight excluding hydrogens is 290 g/mol. The number of benzene rings is 2. The number of nitrogens with zero attached hydrogens (tertiary/aromatic N) is 1. The molecule has 2 aromatic rings. The summed E-state index contributed by atoms with van der Waals surface area (Å²) in [6, 6.07) is 13.1. The van der Waals surface area contributed by atoms with E-state index in [4.69, 9.17) is 4.99 Å². The van der Waals surface area contributed by atoms with Crippen molar-refractivity contribution in [1.29, 1.82) is 0 Å². The molecule has 1 heteroatoms. The number of aliphatic imine (C=N–C) groups is 1. The van der Waals surface area contributed by atoms with Gasteiger partial charge < -0.3 is 0 Å². The fourth-order valence-corrected chi connectivity index (χ4v) is 3.33. The summed E-state index contributed by atoms with van der Waals surface area (Å²) >= 11 is 0. The maximum Gasteiger partial charge on any atom is 0.0524 e. The third-order valence-electron chi connectivity index (χ3n) is 4.97. The van der Waals surface area contributed by atoms with Crippen LogP contribution in [0.25, 0.3) is 16.3 Å². The normalized spacial score (nSPS) is 16.1. The van der Waals surface area contributed by atoms with Gasteiger partial charge in [0.15, 0.2) is 0 Å². The van der Waals surface area contributed by atoms with E-state index in [1.807, 2.05) is 0 Å². The molecule has 0 radical (unpaired) electrons. The van der Waals surface area contributed by atoms with E-state index in [0.29, 0.717) is 0 Å². The summed E-state index contributed by atoms with van der Waals surface area (Å²) in [7, 11) is 0. The summed E-state index contributed by atoms with van der Waals surface area (Å²) in [5.41, 5.74) is 8.30. The van der Waals surface area contributed by atoms with E-state index in [2.05, 4.69) is 84.2 Å². The maximum absolute atomic E-state index is 4.81. The number of allylic oxidation sites excluding steroid dienone is 4. The Morgan fingerprint density at radius 3 is 2.25 bits per heavy atom. The second-order valence-corrected chi connectivity index (χ2v) is 7.86. The molecule has 124 valence electrons. The second kappa shape index (κ2) is 6.05. The largest absolute Gasteiger partial charge is 0.287 e. The van der Waals surface area contributed by atoms with Gasteiger partial charge in [-0.3, -0.25) is 4.99 Å². The Balaban J connectivity index is 2.24. The van der Waals surface area contributed by atoms with Crippen LogP contribution >= 0.6 is 0 Å². The molecule has 0 aliphatic heterocycles. The minimum atomic E-state index is -0.0720. The molecule has 0 heterocycles. The lowest BCUT2D eigenvalue weighted by Gasteiger charge is -2.15. The monoisotopic (exact) mass is 317 g/mol. The Labute approximate surface area is 145 Å². The van der Waals surface area contributed by atoms with E-state index in [1.165, 1.54) is 44.2 Å². The third-order valence-corrected chi connectivity index (χ3v) is 4.97. The number of hydrogen-bond donors (Lipinski definition) is 0. The second-order valence-electron chi connectivity index (χ2n) is 7.86. The van der Waals surface area contributed by atoms with Crippen molar-refractivity contribution in [3.63, 3.8) is 0 Å². The summed E-state index contributed by atoms with van der Waals surface area (Å²) in [5.74, 6) is 0. The van der Waals surface area contributed by atoms with Gasteiger partial charge in [-0.2, -0.15) is 0 Å². The average Bonchev–Trinajstić information content (AvgIpc) is 2.79. The zero-order chi connectivity index (χ0) is 17.5. The third kappa shape index (κ3) is 3.08. The van der Waals surface area contributed by atoms with Crippen molar-refractivity contribution >= 4 is 22.6 Å². The van der Waals surface area contributed by atoms with Crippen LogP contribution in [0.4, 0.5) is 0 Å². The van der Waals surface area contributed by atoms with Crippen LogP contribution < -0.4 is 0 Å². The van der Waals surface area contributed by atoms with Crippen molar-refractivity contribution in [3.8, 4) is 0 Å².